The lowest BCUT2D eigenvalue weighted by atomic mass is 10.3. The molecule has 2 aromatic carbocycles. The fourth-order valence-corrected chi connectivity index (χ4v) is 3.28. The van der Waals surface area contributed by atoms with Crippen molar-refractivity contribution in [3.63, 3.8) is 0 Å². The maximum absolute atomic E-state index is 5.69. The highest BCUT2D eigenvalue weighted by Gasteiger charge is 2.10. The van der Waals surface area contributed by atoms with Gasteiger partial charge in [0, 0.05) is 6.07 Å². The third-order valence-corrected chi connectivity index (χ3v) is 4.41. The van der Waals surface area contributed by atoms with Gasteiger partial charge in [-0.15, -0.1) is 0 Å². The first-order valence-corrected chi connectivity index (χ1v) is 8.32. The van der Waals surface area contributed by atoms with Crippen LogP contribution in [0, 0.1) is 0 Å². The second-order valence-electron chi connectivity index (χ2n) is 5.06. The summed E-state index contributed by atoms with van der Waals surface area (Å²) in [6.07, 6.45) is 0. The van der Waals surface area contributed by atoms with Gasteiger partial charge >= 0.3 is 6.01 Å². The molecule has 0 fully saturated rings. The predicted molar refractivity (Wildman–Crippen MR) is 94.6 cm³/mol. The highest BCUT2D eigenvalue weighted by Crippen LogP contribution is 2.32. The number of hydrogen-bond acceptors (Lipinski definition) is 7. The molecule has 0 radical (unpaired) electrons. The topological polar surface area (TPSA) is 69.4 Å². The predicted octanol–water partition coefficient (Wildman–Crippen LogP) is 4.59. The van der Waals surface area contributed by atoms with Crippen molar-refractivity contribution < 1.29 is 13.9 Å². The maximum Gasteiger partial charge on any atom is 0.302 e. The van der Waals surface area contributed by atoms with Crippen molar-refractivity contribution in [2.75, 3.05) is 19.0 Å². The van der Waals surface area contributed by atoms with Crippen molar-refractivity contribution in [3.8, 4) is 11.5 Å². The van der Waals surface area contributed by atoms with E-state index in [1.54, 1.807) is 7.11 Å². The first kappa shape index (κ1) is 14.8. The van der Waals surface area contributed by atoms with Crippen LogP contribution in [0.5, 0.6) is 11.5 Å². The van der Waals surface area contributed by atoms with Crippen molar-refractivity contribution in [3.05, 3.63) is 36.4 Å². The Kier molecular flexibility index (Phi) is 3.70. The van der Waals surface area contributed by atoms with Crippen LogP contribution in [0.3, 0.4) is 0 Å². The van der Waals surface area contributed by atoms with Crippen molar-refractivity contribution in [2.45, 2.75) is 6.92 Å². The Labute approximate surface area is 142 Å². The number of rotatable bonds is 5. The van der Waals surface area contributed by atoms with E-state index >= 15 is 0 Å². The van der Waals surface area contributed by atoms with Crippen LogP contribution >= 0.6 is 11.3 Å². The van der Waals surface area contributed by atoms with Crippen LogP contribution in [-0.2, 0) is 0 Å². The standard InChI is InChI=1S/C17H15N3O3S/c1-3-22-11-4-6-12-15(9-11)24-17(19-12)20-16-18-13-8-10(21-2)5-7-14(13)23-16/h4-9H,3H2,1-2H3,(H,18,19,20). The van der Waals surface area contributed by atoms with Crippen LogP contribution < -0.4 is 14.8 Å². The lowest BCUT2D eigenvalue weighted by Crippen LogP contribution is -1.90. The molecule has 0 atom stereocenters. The Bertz CT molecular complexity index is 1010. The number of aromatic nitrogens is 2. The average Bonchev–Trinajstić information content (AvgIpc) is 3.16. The third-order valence-electron chi connectivity index (χ3n) is 3.48. The Morgan fingerprint density at radius 1 is 1.08 bits per heavy atom. The van der Waals surface area contributed by atoms with E-state index in [4.69, 9.17) is 13.9 Å². The fourth-order valence-electron chi connectivity index (χ4n) is 2.39. The van der Waals surface area contributed by atoms with Gasteiger partial charge in [-0.2, -0.15) is 4.98 Å². The molecule has 0 spiro atoms. The molecule has 2 heterocycles. The van der Waals surface area contributed by atoms with E-state index in [2.05, 4.69) is 15.3 Å². The Morgan fingerprint density at radius 2 is 1.96 bits per heavy atom. The zero-order chi connectivity index (χ0) is 16.5. The SMILES string of the molecule is CCOc1ccc2nc(Nc3nc4cc(OC)ccc4o3)sc2c1. The minimum Gasteiger partial charge on any atom is -0.497 e. The van der Waals surface area contributed by atoms with Crippen LogP contribution in [0.1, 0.15) is 6.92 Å². The number of benzene rings is 2. The molecule has 122 valence electrons. The highest BCUT2D eigenvalue weighted by atomic mass is 32.1. The van der Waals surface area contributed by atoms with Crippen molar-refractivity contribution in [1.29, 1.82) is 0 Å². The summed E-state index contributed by atoms with van der Waals surface area (Å²) >= 11 is 1.52. The zero-order valence-corrected chi connectivity index (χ0v) is 14.0. The van der Waals surface area contributed by atoms with Crippen molar-refractivity contribution >= 4 is 43.8 Å². The number of thiazole rings is 1. The van der Waals surface area contributed by atoms with Gasteiger partial charge in [0.2, 0.25) is 0 Å². The smallest absolute Gasteiger partial charge is 0.302 e. The summed E-state index contributed by atoms with van der Waals surface area (Å²) in [5.41, 5.74) is 2.33. The van der Waals surface area contributed by atoms with E-state index in [1.165, 1.54) is 11.3 Å². The zero-order valence-electron chi connectivity index (χ0n) is 13.2. The first-order chi connectivity index (χ1) is 11.7. The molecular formula is C17H15N3O3S. The third kappa shape index (κ3) is 2.74. The summed E-state index contributed by atoms with van der Waals surface area (Å²) in [5.74, 6) is 1.58. The molecule has 1 N–H and O–H groups in total. The largest absolute Gasteiger partial charge is 0.497 e. The van der Waals surface area contributed by atoms with E-state index < -0.39 is 0 Å². The summed E-state index contributed by atoms with van der Waals surface area (Å²) < 4.78 is 17.5. The molecule has 6 nitrogen and oxygen atoms in total. The van der Waals surface area contributed by atoms with Gasteiger partial charge in [0.15, 0.2) is 10.7 Å². The van der Waals surface area contributed by atoms with Gasteiger partial charge in [-0.1, -0.05) is 11.3 Å². The molecule has 4 aromatic rings. The minimum atomic E-state index is 0.405. The Hall–Kier alpha value is -2.80. The molecule has 0 aliphatic rings. The fraction of sp³-hybridized carbons (Fsp3) is 0.176. The van der Waals surface area contributed by atoms with Crippen molar-refractivity contribution in [2.24, 2.45) is 0 Å². The number of methoxy groups -OCH3 is 1. The lowest BCUT2D eigenvalue weighted by Gasteiger charge is -2.00. The molecule has 0 aliphatic heterocycles. The molecule has 0 saturated heterocycles. The summed E-state index contributed by atoms with van der Waals surface area (Å²) in [4.78, 5) is 8.96. The Morgan fingerprint density at radius 3 is 2.79 bits per heavy atom. The molecule has 0 unspecified atom stereocenters. The van der Waals surface area contributed by atoms with Gasteiger partial charge in [-0.3, -0.25) is 5.32 Å². The van der Waals surface area contributed by atoms with Crippen LogP contribution in [0.15, 0.2) is 40.8 Å². The van der Waals surface area contributed by atoms with E-state index in [9.17, 15) is 0 Å². The monoisotopic (exact) mass is 341 g/mol. The van der Waals surface area contributed by atoms with E-state index in [0.29, 0.717) is 18.2 Å². The van der Waals surface area contributed by atoms with Crippen LogP contribution in [0.25, 0.3) is 21.3 Å². The normalized spacial score (nSPS) is 11.1. The first-order valence-electron chi connectivity index (χ1n) is 7.50. The lowest BCUT2D eigenvalue weighted by molar-refractivity contribution is 0.341. The summed E-state index contributed by atoms with van der Waals surface area (Å²) in [6, 6.07) is 11.8. The van der Waals surface area contributed by atoms with Gasteiger partial charge < -0.3 is 13.9 Å². The van der Waals surface area contributed by atoms with Gasteiger partial charge in [0.25, 0.3) is 0 Å². The number of nitrogens with one attached hydrogen (secondary N) is 1. The molecule has 4 rings (SSSR count). The molecule has 0 bridgehead atoms. The number of anilines is 2. The van der Waals surface area contributed by atoms with Crippen LogP contribution in [-0.4, -0.2) is 23.7 Å². The number of nitrogens with zero attached hydrogens (tertiary/aromatic N) is 2. The number of fused-ring (bicyclic) bond motifs is 2. The maximum atomic E-state index is 5.69. The molecule has 24 heavy (non-hydrogen) atoms. The van der Waals surface area contributed by atoms with Crippen molar-refractivity contribution in [1.82, 2.24) is 9.97 Å². The van der Waals surface area contributed by atoms with Gasteiger partial charge in [-0.25, -0.2) is 4.98 Å². The summed E-state index contributed by atoms with van der Waals surface area (Å²) in [7, 11) is 1.62. The van der Waals surface area contributed by atoms with Crippen LogP contribution in [0.4, 0.5) is 11.1 Å². The molecular weight excluding hydrogens is 326 g/mol. The highest BCUT2D eigenvalue weighted by molar-refractivity contribution is 7.22. The second kappa shape index (κ2) is 6.01. The molecule has 2 aromatic heterocycles. The van der Waals surface area contributed by atoms with Gasteiger partial charge in [0.1, 0.15) is 17.0 Å². The van der Waals surface area contributed by atoms with E-state index in [-0.39, 0.29) is 0 Å². The second-order valence-corrected chi connectivity index (χ2v) is 6.09. The summed E-state index contributed by atoms with van der Waals surface area (Å²) in [6.45, 7) is 2.61. The Balaban J connectivity index is 1.63. The molecule has 0 aliphatic carbocycles. The van der Waals surface area contributed by atoms with Crippen LogP contribution in [0.2, 0.25) is 0 Å². The molecule has 0 saturated carbocycles. The average molecular weight is 341 g/mol. The number of ether oxygens (including phenoxy) is 2. The van der Waals surface area contributed by atoms with E-state index in [0.717, 1.165) is 32.4 Å². The number of oxazole rings is 1. The summed E-state index contributed by atoms with van der Waals surface area (Å²) in [5, 5.41) is 3.84. The van der Waals surface area contributed by atoms with E-state index in [1.807, 2.05) is 43.3 Å². The molecule has 7 heteroatoms. The van der Waals surface area contributed by atoms with Gasteiger partial charge in [0.05, 0.1) is 23.9 Å². The minimum absolute atomic E-state index is 0.405. The molecule has 0 amide bonds. The quantitative estimate of drug-likeness (QED) is 0.572. The van der Waals surface area contributed by atoms with Gasteiger partial charge in [-0.05, 0) is 37.3 Å². The number of hydrogen-bond donors (Lipinski definition) is 1.